The second-order valence-corrected chi connectivity index (χ2v) is 5.78. The average molecular weight is 326 g/mol. The summed E-state index contributed by atoms with van der Waals surface area (Å²) in [6.07, 6.45) is 3.76. The Labute approximate surface area is 143 Å². The summed E-state index contributed by atoms with van der Waals surface area (Å²) in [5, 5.41) is 6.61. The fourth-order valence-corrected chi connectivity index (χ4v) is 2.37. The van der Waals surface area contributed by atoms with E-state index >= 15 is 0 Å². The third kappa shape index (κ3) is 5.91. The number of rotatable bonds is 7. The topological polar surface area (TPSA) is 58.4 Å². The highest BCUT2D eigenvalue weighted by Crippen LogP contribution is 2.02. The molecule has 0 saturated carbocycles. The Bertz CT molecular complexity index is 704. The number of aliphatic imine (C=N–C) groups is 1. The van der Waals surface area contributed by atoms with Gasteiger partial charge in [-0.1, -0.05) is 35.9 Å². The fraction of sp³-hybridized carbons (Fsp3) is 0.368. The maximum atomic E-state index is 11.6. The van der Waals surface area contributed by atoms with Gasteiger partial charge in [-0.3, -0.25) is 9.79 Å². The van der Waals surface area contributed by atoms with E-state index in [2.05, 4.69) is 46.8 Å². The van der Waals surface area contributed by atoms with Crippen molar-refractivity contribution in [2.75, 3.05) is 13.6 Å². The van der Waals surface area contributed by atoms with Gasteiger partial charge >= 0.3 is 0 Å². The lowest BCUT2D eigenvalue weighted by atomic mass is 10.1. The maximum absolute atomic E-state index is 11.6. The summed E-state index contributed by atoms with van der Waals surface area (Å²) in [5.74, 6) is 0.799. The van der Waals surface area contributed by atoms with Crippen LogP contribution < -0.4 is 16.2 Å². The highest BCUT2D eigenvalue weighted by molar-refractivity contribution is 5.79. The van der Waals surface area contributed by atoms with E-state index in [0.717, 1.165) is 38.4 Å². The van der Waals surface area contributed by atoms with Crippen LogP contribution >= 0.6 is 0 Å². The zero-order chi connectivity index (χ0) is 17.2. The largest absolute Gasteiger partial charge is 0.356 e. The van der Waals surface area contributed by atoms with E-state index in [1.807, 2.05) is 12.3 Å². The number of guanidine groups is 1. The van der Waals surface area contributed by atoms with Gasteiger partial charge in [0.1, 0.15) is 0 Å². The van der Waals surface area contributed by atoms with E-state index in [1.165, 1.54) is 11.1 Å². The normalized spacial score (nSPS) is 11.3. The SMILES string of the molecule is CN=C(NCCCCn1ccccc1=O)NCc1ccc(C)cc1. The van der Waals surface area contributed by atoms with E-state index < -0.39 is 0 Å². The van der Waals surface area contributed by atoms with Crippen LogP contribution in [0.1, 0.15) is 24.0 Å². The number of nitrogens with one attached hydrogen (secondary N) is 2. The predicted octanol–water partition coefficient (Wildman–Crippen LogP) is 2.30. The van der Waals surface area contributed by atoms with Gasteiger partial charge in [-0.25, -0.2) is 0 Å². The summed E-state index contributed by atoms with van der Waals surface area (Å²) in [5.41, 5.74) is 2.55. The van der Waals surface area contributed by atoms with Gasteiger partial charge < -0.3 is 15.2 Å². The fourth-order valence-electron chi connectivity index (χ4n) is 2.37. The molecular weight excluding hydrogens is 300 g/mol. The van der Waals surface area contributed by atoms with Gasteiger partial charge in [0.25, 0.3) is 0 Å². The first-order chi connectivity index (χ1) is 11.7. The molecule has 0 fully saturated rings. The molecule has 2 rings (SSSR count). The molecule has 1 aromatic carbocycles. The molecule has 0 aliphatic heterocycles. The predicted molar refractivity (Wildman–Crippen MR) is 99.3 cm³/mol. The molecule has 1 heterocycles. The number of benzene rings is 1. The van der Waals surface area contributed by atoms with E-state index in [0.29, 0.717) is 0 Å². The molecule has 1 aromatic heterocycles. The molecule has 0 unspecified atom stereocenters. The van der Waals surface area contributed by atoms with Crippen molar-refractivity contribution in [1.82, 2.24) is 15.2 Å². The molecule has 0 spiro atoms. The van der Waals surface area contributed by atoms with Gasteiger partial charge in [0.05, 0.1) is 0 Å². The monoisotopic (exact) mass is 326 g/mol. The molecule has 0 amide bonds. The minimum Gasteiger partial charge on any atom is -0.356 e. The van der Waals surface area contributed by atoms with Crippen LogP contribution in [-0.2, 0) is 13.1 Å². The second kappa shape index (κ2) is 9.55. The van der Waals surface area contributed by atoms with Crippen molar-refractivity contribution in [2.45, 2.75) is 32.9 Å². The zero-order valence-electron chi connectivity index (χ0n) is 14.5. The summed E-state index contributed by atoms with van der Waals surface area (Å²) in [6.45, 7) is 4.41. The minimum atomic E-state index is 0.0565. The summed E-state index contributed by atoms with van der Waals surface area (Å²) in [4.78, 5) is 15.8. The van der Waals surface area contributed by atoms with Crippen molar-refractivity contribution in [3.63, 3.8) is 0 Å². The molecule has 128 valence electrons. The number of aryl methyl sites for hydroxylation is 2. The Hall–Kier alpha value is -2.56. The van der Waals surface area contributed by atoms with Gasteiger partial charge in [0, 0.05) is 38.9 Å². The molecule has 0 aliphatic carbocycles. The Morgan fingerprint density at radius 2 is 1.88 bits per heavy atom. The molecule has 0 radical (unpaired) electrons. The molecule has 0 bridgehead atoms. The van der Waals surface area contributed by atoms with Crippen LogP contribution in [0.2, 0.25) is 0 Å². The zero-order valence-corrected chi connectivity index (χ0v) is 14.5. The first-order valence-corrected chi connectivity index (χ1v) is 8.34. The Morgan fingerprint density at radius 1 is 1.08 bits per heavy atom. The van der Waals surface area contributed by atoms with Crippen molar-refractivity contribution >= 4 is 5.96 Å². The van der Waals surface area contributed by atoms with Crippen LogP contribution in [0.25, 0.3) is 0 Å². The van der Waals surface area contributed by atoms with Crippen LogP contribution in [0.4, 0.5) is 0 Å². The van der Waals surface area contributed by atoms with Crippen molar-refractivity contribution < 1.29 is 0 Å². The van der Waals surface area contributed by atoms with Gasteiger partial charge in [0.15, 0.2) is 5.96 Å². The minimum absolute atomic E-state index is 0.0565. The third-order valence-electron chi connectivity index (χ3n) is 3.82. The van der Waals surface area contributed by atoms with Gasteiger partial charge in [0.2, 0.25) is 5.56 Å². The number of unbranched alkanes of at least 4 members (excludes halogenated alkanes) is 1. The van der Waals surface area contributed by atoms with E-state index in [-0.39, 0.29) is 5.56 Å². The third-order valence-corrected chi connectivity index (χ3v) is 3.82. The van der Waals surface area contributed by atoms with Crippen LogP contribution in [0, 0.1) is 6.92 Å². The van der Waals surface area contributed by atoms with Gasteiger partial charge in [-0.15, -0.1) is 0 Å². The highest BCUT2D eigenvalue weighted by atomic mass is 16.1. The highest BCUT2D eigenvalue weighted by Gasteiger charge is 1.99. The second-order valence-electron chi connectivity index (χ2n) is 5.78. The quantitative estimate of drug-likeness (QED) is 0.466. The van der Waals surface area contributed by atoms with Crippen molar-refractivity contribution in [2.24, 2.45) is 4.99 Å². The molecule has 0 saturated heterocycles. The summed E-state index contributed by atoms with van der Waals surface area (Å²) in [7, 11) is 1.77. The molecule has 5 heteroatoms. The van der Waals surface area contributed by atoms with Gasteiger partial charge in [-0.05, 0) is 31.4 Å². The molecule has 5 nitrogen and oxygen atoms in total. The smallest absolute Gasteiger partial charge is 0.250 e. The van der Waals surface area contributed by atoms with Crippen LogP contribution in [0.3, 0.4) is 0 Å². The molecular formula is C19H26N4O. The van der Waals surface area contributed by atoms with Crippen molar-refractivity contribution in [3.8, 4) is 0 Å². The number of hydrogen-bond donors (Lipinski definition) is 2. The van der Waals surface area contributed by atoms with E-state index in [1.54, 1.807) is 23.7 Å². The summed E-state index contributed by atoms with van der Waals surface area (Å²) >= 11 is 0. The lowest BCUT2D eigenvalue weighted by Crippen LogP contribution is -2.37. The van der Waals surface area contributed by atoms with E-state index in [4.69, 9.17) is 0 Å². The Morgan fingerprint density at radius 3 is 2.58 bits per heavy atom. The molecule has 2 aromatic rings. The number of aromatic nitrogens is 1. The van der Waals surface area contributed by atoms with Crippen LogP contribution in [0.5, 0.6) is 0 Å². The van der Waals surface area contributed by atoms with Crippen molar-refractivity contribution in [1.29, 1.82) is 0 Å². The Balaban J connectivity index is 1.65. The molecule has 2 N–H and O–H groups in total. The number of nitrogens with zero attached hydrogens (tertiary/aromatic N) is 2. The summed E-state index contributed by atoms with van der Waals surface area (Å²) in [6, 6.07) is 13.7. The molecule has 0 aliphatic rings. The number of hydrogen-bond acceptors (Lipinski definition) is 2. The van der Waals surface area contributed by atoms with Gasteiger partial charge in [-0.2, -0.15) is 0 Å². The summed E-state index contributed by atoms with van der Waals surface area (Å²) < 4.78 is 1.74. The lowest BCUT2D eigenvalue weighted by Gasteiger charge is -2.12. The average Bonchev–Trinajstić information content (AvgIpc) is 2.60. The molecule has 0 atom stereocenters. The Kier molecular flexibility index (Phi) is 7.08. The van der Waals surface area contributed by atoms with Crippen molar-refractivity contribution in [3.05, 3.63) is 70.1 Å². The maximum Gasteiger partial charge on any atom is 0.250 e. The van der Waals surface area contributed by atoms with Crippen LogP contribution in [0.15, 0.2) is 58.4 Å². The standard InChI is InChI=1S/C19H26N4O/c1-16-8-10-17(11-9-16)15-22-19(20-2)21-12-4-6-14-23-13-5-3-7-18(23)24/h3,5,7-11,13H,4,6,12,14-15H2,1-2H3,(H2,20,21,22). The van der Waals surface area contributed by atoms with E-state index in [9.17, 15) is 4.79 Å². The van der Waals surface area contributed by atoms with Crippen LogP contribution in [-0.4, -0.2) is 24.1 Å². The first-order valence-electron chi connectivity index (χ1n) is 8.34. The number of pyridine rings is 1. The molecule has 24 heavy (non-hydrogen) atoms. The first kappa shape index (κ1) is 17.8. The lowest BCUT2D eigenvalue weighted by molar-refractivity contribution is 0.585.